The predicted molar refractivity (Wildman–Crippen MR) is 81.5 cm³/mol. The van der Waals surface area contributed by atoms with E-state index in [9.17, 15) is 4.39 Å². The number of nitrogens with zero attached hydrogens (tertiary/aromatic N) is 2. The van der Waals surface area contributed by atoms with Crippen molar-refractivity contribution in [2.75, 3.05) is 5.43 Å². The number of nitrogens with one attached hydrogen (secondary N) is 1. The number of benzene rings is 2. The average Bonchev–Trinajstić information content (AvgIpc) is 2.46. The number of ether oxygens (including phenoxy) is 1. The topological polar surface area (TPSA) is 73.1 Å². The van der Waals surface area contributed by atoms with Crippen LogP contribution in [-0.4, -0.2) is 9.97 Å². The fourth-order valence-corrected chi connectivity index (χ4v) is 2.33. The largest absolute Gasteiger partial charge is 0.438 e. The molecule has 5 nitrogen and oxygen atoms in total. The molecule has 3 N–H and O–H groups in total. The highest BCUT2D eigenvalue weighted by molar-refractivity contribution is 9.10. The molecule has 3 aromatic rings. The first-order chi connectivity index (χ1) is 10.2. The number of rotatable bonds is 3. The van der Waals surface area contributed by atoms with E-state index in [4.69, 9.17) is 10.6 Å². The van der Waals surface area contributed by atoms with Crippen molar-refractivity contribution in [1.29, 1.82) is 0 Å². The Morgan fingerprint density at radius 3 is 2.71 bits per heavy atom. The summed E-state index contributed by atoms with van der Waals surface area (Å²) in [6, 6.07) is 11.6. The van der Waals surface area contributed by atoms with Gasteiger partial charge in [-0.2, -0.15) is 4.98 Å². The van der Waals surface area contributed by atoms with Crippen molar-refractivity contribution >= 4 is 32.8 Å². The molecule has 3 rings (SSSR count). The number of nitrogen functional groups attached to an aromatic ring is 1. The minimum atomic E-state index is -0.407. The number of hydrogen-bond acceptors (Lipinski definition) is 5. The number of hydrogen-bond donors (Lipinski definition) is 2. The zero-order valence-corrected chi connectivity index (χ0v) is 12.3. The number of para-hydroxylation sites is 1. The second-order valence-electron chi connectivity index (χ2n) is 4.22. The lowest BCUT2D eigenvalue weighted by Crippen LogP contribution is -2.11. The summed E-state index contributed by atoms with van der Waals surface area (Å²) >= 11 is 3.22. The first-order valence-corrected chi connectivity index (χ1v) is 6.82. The molecule has 0 spiro atoms. The highest BCUT2D eigenvalue weighted by Gasteiger charge is 2.10. The standard InChI is InChI=1S/C14H10BrFN4O/c15-8-5-9(16)7-10(6-8)21-13-11-3-1-2-4-12(11)18-14(19-13)20-17/h1-7H,17H2,(H,18,19,20). The predicted octanol–water partition coefficient (Wildman–Crippen LogP) is 3.61. The van der Waals surface area contributed by atoms with E-state index in [0.29, 0.717) is 27.0 Å². The molecule has 0 aliphatic rings. The van der Waals surface area contributed by atoms with Gasteiger partial charge < -0.3 is 4.74 Å². The summed E-state index contributed by atoms with van der Waals surface area (Å²) in [7, 11) is 0. The van der Waals surface area contributed by atoms with Crippen LogP contribution in [0.1, 0.15) is 0 Å². The molecular weight excluding hydrogens is 339 g/mol. The van der Waals surface area contributed by atoms with Gasteiger partial charge in [-0.1, -0.05) is 28.1 Å². The Labute approximate surface area is 128 Å². The van der Waals surface area contributed by atoms with Gasteiger partial charge in [0.1, 0.15) is 11.6 Å². The molecule has 0 radical (unpaired) electrons. The van der Waals surface area contributed by atoms with Gasteiger partial charge in [0.05, 0.1) is 10.9 Å². The number of anilines is 1. The molecule has 0 atom stereocenters. The van der Waals surface area contributed by atoms with Crippen LogP contribution in [0.4, 0.5) is 10.3 Å². The molecule has 0 aliphatic heterocycles. The highest BCUT2D eigenvalue weighted by Crippen LogP contribution is 2.30. The lowest BCUT2D eigenvalue weighted by Gasteiger charge is -2.10. The summed E-state index contributed by atoms with van der Waals surface area (Å²) in [6.07, 6.45) is 0. The van der Waals surface area contributed by atoms with E-state index >= 15 is 0 Å². The van der Waals surface area contributed by atoms with Crippen LogP contribution in [0.25, 0.3) is 10.9 Å². The summed E-state index contributed by atoms with van der Waals surface area (Å²) in [6.45, 7) is 0. The smallest absolute Gasteiger partial charge is 0.241 e. The third-order valence-electron chi connectivity index (χ3n) is 2.75. The number of aromatic nitrogens is 2. The van der Waals surface area contributed by atoms with E-state index in [1.54, 1.807) is 6.07 Å². The van der Waals surface area contributed by atoms with Crippen LogP contribution in [0.15, 0.2) is 46.9 Å². The minimum absolute atomic E-state index is 0.221. The van der Waals surface area contributed by atoms with Crippen LogP contribution < -0.4 is 16.0 Å². The van der Waals surface area contributed by atoms with Crippen molar-refractivity contribution in [3.8, 4) is 11.6 Å². The van der Waals surface area contributed by atoms with Crippen molar-refractivity contribution in [2.24, 2.45) is 5.84 Å². The minimum Gasteiger partial charge on any atom is -0.438 e. The van der Waals surface area contributed by atoms with Crippen molar-refractivity contribution in [3.05, 3.63) is 52.8 Å². The SMILES string of the molecule is NNc1nc(Oc2cc(F)cc(Br)c2)c2ccccc2n1. The number of hydrazine groups is 1. The maximum absolute atomic E-state index is 13.4. The molecular formula is C14H10BrFN4O. The van der Waals surface area contributed by atoms with E-state index in [2.05, 4.69) is 31.3 Å². The van der Waals surface area contributed by atoms with Gasteiger partial charge in [0, 0.05) is 10.5 Å². The summed E-state index contributed by atoms with van der Waals surface area (Å²) < 4.78 is 19.7. The van der Waals surface area contributed by atoms with E-state index in [1.165, 1.54) is 12.1 Å². The van der Waals surface area contributed by atoms with Gasteiger partial charge in [0.15, 0.2) is 0 Å². The molecule has 1 aromatic heterocycles. The lowest BCUT2D eigenvalue weighted by atomic mass is 10.2. The molecule has 0 amide bonds. The maximum Gasteiger partial charge on any atom is 0.241 e. The number of fused-ring (bicyclic) bond motifs is 1. The average molecular weight is 349 g/mol. The molecule has 0 fully saturated rings. The van der Waals surface area contributed by atoms with Crippen LogP contribution in [-0.2, 0) is 0 Å². The summed E-state index contributed by atoms with van der Waals surface area (Å²) in [5, 5.41) is 0.705. The van der Waals surface area contributed by atoms with Crippen molar-refractivity contribution < 1.29 is 9.13 Å². The van der Waals surface area contributed by atoms with Crippen LogP contribution in [0.3, 0.4) is 0 Å². The van der Waals surface area contributed by atoms with Gasteiger partial charge >= 0.3 is 0 Å². The van der Waals surface area contributed by atoms with Crippen LogP contribution in [0, 0.1) is 5.82 Å². The Bertz CT molecular complexity index is 792. The van der Waals surface area contributed by atoms with E-state index in [1.807, 2.05) is 24.3 Å². The molecule has 21 heavy (non-hydrogen) atoms. The van der Waals surface area contributed by atoms with Gasteiger partial charge in [-0.25, -0.2) is 15.2 Å². The summed E-state index contributed by atoms with van der Waals surface area (Å²) in [4.78, 5) is 8.39. The lowest BCUT2D eigenvalue weighted by molar-refractivity contribution is 0.463. The van der Waals surface area contributed by atoms with Crippen LogP contribution in [0.2, 0.25) is 0 Å². The Morgan fingerprint density at radius 2 is 1.95 bits per heavy atom. The van der Waals surface area contributed by atoms with Gasteiger partial charge in [-0.05, 0) is 24.3 Å². The third kappa shape index (κ3) is 2.93. The first-order valence-electron chi connectivity index (χ1n) is 6.03. The van der Waals surface area contributed by atoms with E-state index in [-0.39, 0.29) is 5.95 Å². The van der Waals surface area contributed by atoms with Crippen LogP contribution >= 0.6 is 15.9 Å². The molecule has 0 unspecified atom stereocenters. The van der Waals surface area contributed by atoms with E-state index in [0.717, 1.165) is 0 Å². The van der Waals surface area contributed by atoms with Crippen molar-refractivity contribution in [3.63, 3.8) is 0 Å². The van der Waals surface area contributed by atoms with Crippen molar-refractivity contribution in [1.82, 2.24) is 9.97 Å². The number of halogens is 2. The van der Waals surface area contributed by atoms with Gasteiger partial charge in [0.2, 0.25) is 11.8 Å². The monoisotopic (exact) mass is 348 g/mol. The van der Waals surface area contributed by atoms with Crippen LogP contribution in [0.5, 0.6) is 11.6 Å². The van der Waals surface area contributed by atoms with Crippen molar-refractivity contribution in [2.45, 2.75) is 0 Å². The second-order valence-corrected chi connectivity index (χ2v) is 5.14. The molecule has 106 valence electrons. The third-order valence-corrected chi connectivity index (χ3v) is 3.21. The molecule has 7 heteroatoms. The molecule has 1 heterocycles. The normalized spacial score (nSPS) is 10.6. The quantitative estimate of drug-likeness (QED) is 0.558. The fraction of sp³-hybridized carbons (Fsp3) is 0. The molecule has 0 bridgehead atoms. The number of nitrogens with two attached hydrogens (primary N) is 1. The maximum atomic E-state index is 13.4. The molecule has 2 aromatic carbocycles. The van der Waals surface area contributed by atoms with E-state index < -0.39 is 5.82 Å². The Balaban J connectivity index is 2.10. The fourth-order valence-electron chi connectivity index (χ4n) is 1.89. The van der Waals surface area contributed by atoms with Gasteiger partial charge in [-0.3, -0.25) is 5.43 Å². The van der Waals surface area contributed by atoms with Gasteiger partial charge in [-0.15, -0.1) is 0 Å². The Kier molecular flexibility index (Phi) is 3.68. The zero-order valence-electron chi connectivity index (χ0n) is 10.7. The highest BCUT2D eigenvalue weighted by atomic mass is 79.9. The zero-order chi connectivity index (χ0) is 14.8. The van der Waals surface area contributed by atoms with Gasteiger partial charge in [0.25, 0.3) is 0 Å². The Hall–Kier alpha value is -2.25. The Morgan fingerprint density at radius 1 is 1.14 bits per heavy atom. The second kappa shape index (κ2) is 5.63. The summed E-state index contributed by atoms with van der Waals surface area (Å²) in [5.74, 6) is 5.79. The molecule has 0 saturated carbocycles. The molecule has 0 saturated heterocycles. The first kappa shape index (κ1) is 13.7. The molecule has 0 aliphatic carbocycles. The summed E-state index contributed by atoms with van der Waals surface area (Å²) in [5.41, 5.74) is 3.05.